The van der Waals surface area contributed by atoms with Crippen LogP contribution in [0.5, 0.6) is 0 Å². The van der Waals surface area contributed by atoms with Gasteiger partial charge >= 0.3 is 0 Å². The third-order valence-corrected chi connectivity index (χ3v) is 2.24. The van der Waals surface area contributed by atoms with E-state index < -0.39 is 0 Å². The van der Waals surface area contributed by atoms with E-state index in [2.05, 4.69) is 25.9 Å². The SMILES string of the molecule is Nc1ccnc(-c2ccc(Br)cn2)c1. The zero-order chi connectivity index (χ0) is 9.97. The summed E-state index contributed by atoms with van der Waals surface area (Å²) in [6, 6.07) is 7.37. The van der Waals surface area contributed by atoms with Crippen LogP contribution in [-0.2, 0) is 0 Å². The second-order valence-electron chi connectivity index (χ2n) is 2.84. The Morgan fingerprint density at radius 3 is 2.57 bits per heavy atom. The first-order valence-electron chi connectivity index (χ1n) is 4.09. The van der Waals surface area contributed by atoms with Gasteiger partial charge in [0.2, 0.25) is 0 Å². The molecule has 0 fully saturated rings. The van der Waals surface area contributed by atoms with E-state index in [1.807, 2.05) is 12.1 Å². The van der Waals surface area contributed by atoms with Gasteiger partial charge in [0.1, 0.15) is 0 Å². The highest BCUT2D eigenvalue weighted by molar-refractivity contribution is 9.10. The molecule has 0 radical (unpaired) electrons. The van der Waals surface area contributed by atoms with Crippen LogP contribution in [0, 0.1) is 0 Å². The third kappa shape index (κ3) is 1.90. The standard InChI is InChI=1S/C10H8BrN3/c11-7-1-2-9(14-6-7)10-5-8(12)3-4-13-10/h1-6H,(H2,12,13). The predicted molar refractivity (Wildman–Crippen MR) is 59.6 cm³/mol. The van der Waals surface area contributed by atoms with Gasteiger partial charge in [-0.1, -0.05) is 0 Å². The molecule has 0 atom stereocenters. The fourth-order valence-corrected chi connectivity index (χ4v) is 1.35. The molecule has 14 heavy (non-hydrogen) atoms. The van der Waals surface area contributed by atoms with Crippen LogP contribution in [0.15, 0.2) is 41.1 Å². The van der Waals surface area contributed by atoms with Gasteiger partial charge in [-0.05, 0) is 40.2 Å². The molecular weight excluding hydrogens is 242 g/mol. The fourth-order valence-electron chi connectivity index (χ4n) is 1.11. The Morgan fingerprint density at radius 2 is 1.93 bits per heavy atom. The first-order chi connectivity index (χ1) is 6.75. The summed E-state index contributed by atoms with van der Waals surface area (Å²) in [7, 11) is 0. The van der Waals surface area contributed by atoms with Gasteiger partial charge in [0, 0.05) is 22.6 Å². The van der Waals surface area contributed by atoms with Crippen molar-refractivity contribution < 1.29 is 0 Å². The van der Waals surface area contributed by atoms with Crippen molar-refractivity contribution in [1.29, 1.82) is 0 Å². The first-order valence-corrected chi connectivity index (χ1v) is 4.88. The number of aromatic nitrogens is 2. The van der Waals surface area contributed by atoms with Gasteiger partial charge in [-0.15, -0.1) is 0 Å². The maximum atomic E-state index is 5.65. The zero-order valence-electron chi connectivity index (χ0n) is 7.31. The Hall–Kier alpha value is -1.42. The molecule has 0 aliphatic rings. The minimum absolute atomic E-state index is 0.694. The van der Waals surface area contributed by atoms with E-state index in [1.165, 1.54) is 0 Å². The molecule has 0 aliphatic heterocycles. The Bertz CT molecular complexity index is 439. The van der Waals surface area contributed by atoms with E-state index in [-0.39, 0.29) is 0 Å². The van der Waals surface area contributed by atoms with Crippen LogP contribution in [-0.4, -0.2) is 9.97 Å². The van der Waals surface area contributed by atoms with Gasteiger partial charge in [0.25, 0.3) is 0 Å². The molecule has 2 heterocycles. The smallest absolute Gasteiger partial charge is 0.0906 e. The summed E-state index contributed by atoms with van der Waals surface area (Å²) >= 11 is 3.32. The van der Waals surface area contributed by atoms with Crippen LogP contribution in [0.1, 0.15) is 0 Å². The summed E-state index contributed by atoms with van der Waals surface area (Å²) in [5, 5.41) is 0. The molecule has 2 rings (SSSR count). The lowest BCUT2D eigenvalue weighted by Crippen LogP contribution is -1.90. The van der Waals surface area contributed by atoms with Gasteiger partial charge < -0.3 is 5.73 Å². The number of nitrogens with two attached hydrogens (primary N) is 1. The zero-order valence-corrected chi connectivity index (χ0v) is 8.90. The lowest BCUT2D eigenvalue weighted by atomic mass is 10.2. The van der Waals surface area contributed by atoms with E-state index in [1.54, 1.807) is 24.5 Å². The van der Waals surface area contributed by atoms with Crippen molar-refractivity contribution in [3.63, 3.8) is 0 Å². The molecule has 0 aliphatic carbocycles. The molecule has 0 spiro atoms. The average molecular weight is 250 g/mol. The Morgan fingerprint density at radius 1 is 1.07 bits per heavy atom. The minimum Gasteiger partial charge on any atom is -0.399 e. The number of halogens is 1. The molecule has 0 unspecified atom stereocenters. The van der Waals surface area contributed by atoms with Gasteiger partial charge in [-0.25, -0.2) is 0 Å². The second-order valence-corrected chi connectivity index (χ2v) is 3.75. The molecule has 4 heteroatoms. The normalized spacial score (nSPS) is 10.1. The second kappa shape index (κ2) is 3.75. The molecule has 0 saturated heterocycles. The maximum absolute atomic E-state index is 5.65. The van der Waals surface area contributed by atoms with E-state index >= 15 is 0 Å². The summed E-state index contributed by atoms with van der Waals surface area (Å²) in [5.74, 6) is 0. The van der Waals surface area contributed by atoms with Crippen LogP contribution in [0.3, 0.4) is 0 Å². The summed E-state index contributed by atoms with van der Waals surface area (Å²) in [4.78, 5) is 8.41. The number of hydrogen-bond acceptors (Lipinski definition) is 3. The van der Waals surface area contributed by atoms with Gasteiger partial charge in [0.15, 0.2) is 0 Å². The van der Waals surface area contributed by atoms with E-state index in [0.717, 1.165) is 15.9 Å². The Balaban J connectivity index is 2.44. The molecule has 2 aromatic rings. The van der Waals surface area contributed by atoms with Crippen LogP contribution >= 0.6 is 15.9 Å². The first kappa shape index (κ1) is 9.15. The van der Waals surface area contributed by atoms with Crippen molar-refractivity contribution in [2.45, 2.75) is 0 Å². The monoisotopic (exact) mass is 249 g/mol. The highest BCUT2D eigenvalue weighted by atomic mass is 79.9. The van der Waals surface area contributed by atoms with Crippen LogP contribution in [0.25, 0.3) is 11.4 Å². The van der Waals surface area contributed by atoms with Crippen LogP contribution < -0.4 is 5.73 Å². The molecule has 3 nitrogen and oxygen atoms in total. The number of hydrogen-bond donors (Lipinski definition) is 1. The molecule has 0 aromatic carbocycles. The van der Waals surface area contributed by atoms with Crippen LogP contribution in [0.2, 0.25) is 0 Å². The van der Waals surface area contributed by atoms with E-state index in [4.69, 9.17) is 5.73 Å². The topological polar surface area (TPSA) is 51.8 Å². The summed E-state index contributed by atoms with van der Waals surface area (Å²) in [5.41, 5.74) is 7.95. The van der Waals surface area contributed by atoms with Crippen LogP contribution in [0.4, 0.5) is 5.69 Å². The molecule has 0 amide bonds. The van der Waals surface area contributed by atoms with Crippen molar-refractivity contribution in [2.75, 3.05) is 5.73 Å². The highest BCUT2D eigenvalue weighted by Gasteiger charge is 2.00. The third-order valence-electron chi connectivity index (χ3n) is 1.77. The lowest BCUT2D eigenvalue weighted by Gasteiger charge is -2.00. The summed E-state index contributed by atoms with van der Waals surface area (Å²) < 4.78 is 0.949. The predicted octanol–water partition coefficient (Wildman–Crippen LogP) is 2.49. The average Bonchev–Trinajstić information content (AvgIpc) is 2.19. The molecular formula is C10H8BrN3. The molecule has 70 valence electrons. The van der Waals surface area contributed by atoms with Gasteiger partial charge in [-0.3, -0.25) is 9.97 Å². The number of nitrogen functional groups attached to an aromatic ring is 1. The lowest BCUT2D eigenvalue weighted by molar-refractivity contribution is 1.24. The molecule has 0 saturated carbocycles. The molecule has 0 bridgehead atoms. The number of anilines is 1. The number of nitrogens with zero attached hydrogens (tertiary/aromatic N) is 2. The number of rotatable bonds is 1. The van der Waals surface area contributed by atoms with Crippen molar-refractivity contribution in [3.8, 4) is 11.4 Å². The summed E-state index contributed by atoms with van der Waals surface area (Å²) in [6.45, 7) is 0. The minimum atomic E-state index is 0.694. The Labute approximate surface area is 90.1 Å². The van der Waals surface area contributed by atoms with Gasteiger partial charge in [0.05, 0.1) is 11.4 Å². The van der Waals surface area contributed by atoms with E-state index in [9.17, 15) is 0 Å². The van der Waals surface area contributed by atoms with E-state index in [0.29, 0.717) is 5.69 Å². The fraction of sp³-hybridized carbons (Fsp3) is 0. The molecule has 2 aromatic heterocycles. The van der Waals surface area contributed by atoms with Crippen molar-refractivity contribution in [3.05, 3.63) is 41.1 Å². The number of pyridine rings is 2. The molecule has 2 N–H and O–H groups in total. The quantitative estimate of drug-likeness (QED) is 0.845. The maximum Gasteiger partial charge on any atom is 0.0906 e. The largest absolute Gasteiger partial charge is 0.399 e. The van der Waals surface area contributed by atoms with Crippen molar-refractivity contribution in [1.82, 2.24) is 9.97 Å². The summed E-state index contributed by atoms with van der Waals surface area (Å²) in [6.07, 6.45) is 3.41. The van der Waals surface area contributed by atoms with Crippen molar-refractivity contribution in [2.24, 2.45) is 0 Å². The highest BCUT2D eigenvalue weighted by Crippen LogP contribution is 2.18. The van der Waals surface area contributed by atoms with Crippen molar-refractivity contribution >= 4 is 21.6 Å². The Kier molecular flexibility index (Phi) is 2.45. The van der Waals surface area contributed by atoms with Gasteiger partial charge in [-0.2, -0.15) is 0 Å².